The number of hydrogen-bond donors (Lipinski definition) is 2. The molecule has 0 atom stereocenters. The lowest BCUT2D eigenvalue weighted by Crippen LogP contribution is -2.43. The van der Waals surface area contributed by atoms with Crippen molar-refractivity contribution < 1.29 is 23.5 Å². The fourth-order valence-corrected chi connectivity index (χ4v) is 2.75. The van der Waals surface area contributed by atoms with Gasteiger partial charge in [0.25, 0.3) is 5.91 Å². The van der Waals surface area contributed by atoms with Crippen molar-refractivity contribution in [3.05, 3.63) is 63.9 Å². The van der Waals surface area contributed by atoms with Gasteiger partial charge in [-0.3, -0.25) is 14.4 Å². The van der Waals surface area contributed by atoms with Crippen LogP contribution >= 0.6 is 23.2 Å². The number of nitrogens with one attached hydrogen (secondary N) is 2. The maximum atomic E-state index is 12.8. The van der Waals surface area contributed by atoms with E-state index < -0.39 is 11.8 Å². The van der Waals surface area contributed by atoms with Crippen LogP contribution in [0.25, 0.3) is 0 Å². The zero-order valence-corrected chi connectivity index (χ0v) is 17.6. The molecule has 2 aromatic rings. The molecule has 0 saturated heterocycles. The average molecular weight is 456 g/mol. The van der Waals surface area contributed by atoms with E-state index in [1.807, 2.05) is 0 Å². The monoisotopic (exact) mass is 455 g/mol. The van der Waals surface area contributed by atoms with Crippen LogP contribution < -0.4 is 15.4 Å². The molecule has 7 nitrogen and oxygen atoms in total. The third kappa shape index (κ3) is 7.53. The predicted molar refractivity (Wildman–Crippen MR) is 111 cm³/mol. The lowest BCUT2D eigenvalue weighted by atomic mass is 10.2. The molecule has 0 spiro atoms. The number of hydrogen-bond acceptors (Lipinski definition) is 4. The van der Waals surface area contributed by atoms with Crippen molar-refractivity contribution in [2.24, 2.45) is 0 Å². The van der Waals surface area contributed by atoms with Crippen LogP contribution in [0.15, 0.2) is 42.5 Å². The van der Waals surface area contributed by atoms with Crippen molar-refractivity contribution in [3.8, 4) is 5.75 Å². The molecule has 2 N–H and O–H groups in total. The van der Waals surface area contributed by atoms with Gasteiger partial charge in [0.1, 0.15) is 18.2 Å². The molecule has 0 unspecified atom stereocenters. The second-order valence-electron chi connectivity index (χ2n) is 6.20. The van der Waals surface area contributed by atoms with Gasteiger partial charge in [0.2, 0.25) is 11.8 Å². The zero-order valence-electron chi connectivity index (χ0n) is 16.1. The highest BCUT2D eigenvalue weighted by molar-refractivity contribution is 6.36. The molecule has 0 radical (unpaired) electrons. The van der Waals surface area contributed by atoms with Crippen LogP contribution in [0.2, 0.25) is 10.0 Å². The first-order chi connectivity index (χ1) is 14.3. The minimum absolute atomic E-state index is 0.167. The van der Waals surface area contributed by atoms with E-state index in [4.69, 9.17) is 27.9 Å². The third-order valence-electron chi connectivity index (χ3n) is 3.96. The van der Waals surface area contributed by atoms with E-state index in [0.29, 0.717) is 10.8 Å². The molecule has 30 heavy (non-hydrogen) atoms. The molecule has 0 fully saturated rings. The van der Waals surface area contributed by atoms with Crippen LogP contribution in [0.5, 0.6) is 5.75 Å². The topological polar surface area (TPSA) is 87.7 Å². The second-order valence-corrected chi connectivity index (χ2v) is 7.04. The first-order valence-electron chi connectivity index (χ1n) is 8.88. The summed E-state index contributed by atoms with van der Waals surface area (Å²) in [6, 6.07) is 9.91. The van der Waals surface area contributed by atoms with Gasteiger partial charge in [-0.05, 0) is 42.5 Å². The largest absolute Gasteiger partial charge is 0.492 e. The highest BCUT2D eigenvalue weighted by atomic mass is 35.5. The molecule has 3 amide bonds. The predicted octanol–water partition coefficient (Wildman–Crippen LogP) is 2.52. The van der Waals surface area contributed by atoms with E-state index in [1.165, 1.54) is 47.4 Å². The standard InChI is InChI=1S/C20H20Cl2FN3O4/c1-26(8-9-30-15-5-3-14(23)4-6-15)19(28)12-24-18(27)11-25-20(29)16-7-2-13(21)10-17(16)22/h2-7,10H,8-9,11-12H2,1H3,(H,24,27)(H,25,29). The number of amides is 3. The number of carbonyl (C=O) groups is 3. The molecular formula is C20H20Cl2FN3O4. The Morgan fingerprint density at radius 2 is 1.73 bits per heavy atom. The second kappa shape index (κ2) is 11.4. The van der Waals surface area contributed by atoms with Crippen LogP contribution in [0.3, 0.4) is 0 Å². The summed E-state index contributed by atoms with van der Waals surface area (Å²) in [5.41, 5.74) is 0.186. The smallest absolute Gasteiger partial charge is 0.253 e. The van der Waals surface area contributed by atoms with E-state index in [0.717, 1.165) is 0 Å². The fourth-order valence-electron chi connectivity index (χ4n) is 2.26. The van der Waals surface area contributed by atoms with Gasteiger partial charge in [0.15, 0.2) is 0 Å². The van der Waals surface area contributed by atoms with Crippen molar-refractivity contribution >= 4 is 40.9 Å². The van der Waals surface area contributed by atoms with E-state index in [9.17, 15) is 18.8 Å². The number of rotatable bonds is 9. The SMILES string of the molecule is CN(CCOc1ccc(F)cc1)C(=O)CNC(=O)CNC(=O)c1ccc(Cl)cc1Cl. The van der Waals surface area contributed by atoms with Crippen LogP contribution in [0, 0.1) is 5.82 Å². The number of nitrogens with zero attached hydrogens (tertiary/aromatic N) is 1. The van der Waals surface area contributed by atoms with Crippen LogP contribution in [0.1, 0.15) is 10.4 Å². The van der Waals surface area contributed by atoms with Gasteiger partial charge in [0, 0.05) is 12.1 Å². The van der Waals surface area contributed by atoms with Crippen molar-refractivity contribution in [2.75, 3.05) is 33.3 Å². The minimum atomic E-state index is -0.534. The first-order valence-corrected chi connectivity index (χ1v) is 9.64. The van der Waals surface area contributed by atoms with Gasteiger partial charge in [0.05, 0.1) is 30.2 Å². The summed E-state index contributed by atoms with van der Waals surface area (Å²) >= 11 is 11.7. The molecule has 0 bridgehead atoms. The number of carbonyl (C=O) groups excluding carboxylic acids is 3. The normalized spacial score (nSPS) is 10.3. The molecule has 2 aromatic carbocycles. The van der Waals surface area contributed by atoms with Crippen molar-refractivity contribution in [1.29, 1.82) is 0 Å². The number of benzene rings is 2. The van der Waals surface area contributed by atoms with Crippen LogP contribution in [-0.4, -0.2) is 55.9 Å². The molecule has 0 aliphatic carbocycles. The lowest BCUT2D eigenvalue weighted by Gasteiger charge is -2.18. The quantitative estimate of drug-likeness (QED) is 0.607. The molecule has 0 heterocycles. The van der Waals surface area contributed by atoms with E-state index >= 15 is 0 Å². The Bertz CT molecular complexity index is 909. The molecule has 0 aromatic heterocycles. The Morgan fingerprint density at radius 1 is 1.03 bits per heavy atom. The maximum Gasteiger partial charge on any atom is 0.253 e. The molecule has 0 aliphatic rings. The summed E-state index contributed by atoms with van der Waals surface area (Å²) in [5, 5.41) is 5.40. The van der Waals surface area contributed by atoms with E-state index in [-0.39, 0.29) is 48.6 Å². The van der Waals surface area contributed by atoms with Gasteiger partial charge in [-0.15, -0.1) is 0 Å². The van der Waals surface area contributed by atoms with E-state index in [2.05, 4.69) is 10.6 Å². The van der Waals surface area contributed by atoms with Gasteiger partial charge in [-0.1, -0.05) is 23.2 Å². The number of halogens is 3. The maximum absolute atomic E-state index is 12.8. The summed E-state index contributed by atoms with van der Waals surface area (Å²) in [4.78, 5) is 37.4. The molecule has 2 rings (SSSR count). The van der Waals surface area contributed by atoms with Gasteiger partial charge >= 0.3 is 0 Å². The Labute approximate surface area is 183 Å². The van der Waals surface area contributed by atoms with Crippen LogP contribution in [0.4, 0.5) is 4.39 Å². The van der Waals surface area contributed by atoms with Crippen LogP contribution in [-0.2, 0) is 9.59 Å². The Kier molecular flexibility index (Phi) is 8.89. The summed E-state index contributed by atoms with van der Waals surface area (Å²) < 4.78 is 18.3. The molecule has 10 heteroatoms. The average Bonchev–Trinajstić information content (AvgIpc) is 2.71. The third-order valence-corrected chi connectivity index (χ3v) is 4.50. The summed E-state index contributed by atoms with van der Waals surface area (Å²) in [7, 11) is 1.56. The number of ether oxygens (including phenoxy) is 1. The van der Waals surface area contributed by atoms with Gasteiger partial charge in [-0.25, -0.2) is 4.39 Å². The highest BCUT2D eigenvalue weighted by Gasteiger charge is 2.14. The zero-order chi connectivity index (χ0) is 22.1. The van der Waals surface area contributed by atoms with Crippen molar-refractivity contribution in [2.45, 2.75) is 0 Å². The van der Waals surface area contributed by atoms with Crippen molar-refractivity contribution in [1.82, 2.24) is 15.5 Å². The Hall–Kier alpha value is -2.84. The van der Waals surface area contributed by atoms with Gasteiger partial charge in [-0.2, -0.15) is 0 Å². The molecule has 0 saturated carbocycles. The molecule has 0 aliphatic heterocycles. The number of likely N-dealkylation sites (N-methyl/N-ethyl adjacent to an activating group) is 1. The Morgan fingerprint density at radius 3 is 2.40 bits per heavy atom. The minimum Gasteiger partial charge on any atom is -0.492 e. The summed E-state index contributed by atoms with van der Waals surface area (Å²) in [5.74, 6) is -1.27. The van der Waals surface area contributed by atoms with Gasteiger partial charge < -0.3 is 20.3 Å². The van der Waals surface area contributed by atoms with Crippen molar-refractivity contribution in [3.63, 3.8) is 0 Å². The molecule has 160 valence electrons. The fraction of sp³-hybridized carbons (Fsp3) is 0.250. The molecular weight excluding hydrogens is 436 g/mol. The summed E-state index contributed by atoms with van der Waals surface area (Å²) in [6.45, 7) is -0.0659. The highest BCUT2D eigenvalue weighted by Crippen LogP contribution is 2.20. The Balaban J connectivity index is 1.67. The summed E-state index contributed by atoms with van der Waals surface area (Å²) in [6.07, 6.45) is 0. The van der Waals surface area contributed by atoms with E-state index in [1.54, 1.807) is 7.05 Å². The lowest BCUT2D eigenvalue weighted by molar-refractivity contribution is -0.131. The first kappa shape index (κ1) is 23.4.